The van der Waals surface area contributed by atoms with Gasteiger partial charge in [-0.3, -0.25) is 4.57 Å². The maximum Gasteiger partial charge on any atom is 0.165 e. The first-order valence-electron chi connectivity index (χ1n) is 8.50. The van der Waals surface area contributed by atoms with Gasteiger partial charge >= 0.3 is 0 Å². The Hall–Kier alpha value is -1.61. The molecule has 130 valence electrons. The first kappa shape index (κ1) is 15.9. The number of rotatable bonds is 3. The van der Waals surface area contributed by atoms with Crippen LogP contribution in [0.25, 0.3) is 11.2 Å². The van der Waals surface area contributed by atoms with Crippen LogP contribution in [0.3, 0.4) is 0 Å². The summed E-state index contributed by atoms with van der Waals surface area (Å²) in [6.07, 6.45) is 5.03. The van der Waals surface area contributed by atoms with Crippen LogP contribution in [0.4, 0.5) is 0 Å². The van der Waals surface area contributed by atoms with Crippen LogP contribution in [0, 0.1) is 0 Å². The van der Waals surface area contributed by atoms with Crippen LogP contribution in [-0.2, 0) is 4.74 Å². The quantitative estimate of drug-likeness (QED) is 0.748. The van der Waals surface area contributed by atoms with Gasteiger partial charge in [0.1, 0.15) is 30.2 Å². The van der Waals surface area contributed by atoms with Crippen molar-refractivity contribution >= 4 is 11.2 Å². The number of fused-ring (bicyclic) bond motifs is 1. The van der Waals surface area contributed by atoms with E-state index in [0.29, 0.717) is 11.6 Å². The average Bonchev–Trinajstić information content (AvgIpc) is 3.17. The Morgan fingerprint density at radius 3 is 2.58 bits per heavy atom. The van der Waals surface area contributed by atoms with Crippen molar-refractivity contribution in [2.45, 2.75) is 62.6 Å². The molecule has 0 spiro atoms. The summed E-state index contributed by atoms with van der Waals surface area (Å²) in [6, 6.07) is 0. The van der Waals surface area contributed by atoms with Crippen molar-refractivity contribution in [3.05, 3.63) is 18.3 Å². The summed E-state index contributed by atoms with van der Waals surface area (Å²) >= 11 is 0. The third kappa shape index (κ3) is 2.50. The van der Waals surface area contributed by atoms with Gasteiger partial charge in [0, 0.05) is 5.92 Å². The molecule has 4 unspecified atom stereocenters. The molecule has 2 aromatic rings. The monoisotopic (exact) mass is 334 g/mol. The van der Waals surface area contributed by atoms with Crippen molar-refractivity contribution in [3.8, 4) is 0 Å². The molecule has 0 amide bonds. The van der Waals surface area contributed by atoms with E-state index in [-0.39, 0.29) is 6.61 Å². The molecule has 3 heterocycles. The van der Waals surface area contributed by atoms with Crippen molar-refractivity contribution in [1.82, 2.24) is 19.5 Å². The van der Waals surface area contributed by atoms with E-state index >= 15 is 0 Å². The topological polar surface area (TPSA) is 114 Å². The van der Waals surface area contributed by atoms with Crippen molar-refractivity contribution in [2.75, 3.05) is 6.61 Å². The van der Waals surface area contributed by atoms with E-state index in [1.54, 1.807) is 10.9 Å². The lowest BCUT2D eigenvalue weighted by atomic mass is 9.86. The lowest BCUT2D eigenvalue weighted by Gasteiger charge is -2.21. The zero-order chi connectivity index (χ0) is 16.7. The van der Waals surface area contributed by atoms with E-state index in [1.165, 1.54) is 25.6 Å². The molecular formula is C16H22N4O4. The molecule has 4 rings (SSSR count). The van der Waals surface area contributed by atoms with E-state index in [2.05, 4.69) is 15.0 Å². The zero-order valence-corrected chi connectivity index (χ0v) is 13.3. The Morgan fingerprint density at radius 2 is 1.88 bits per heavy atom. The van der Waals surface area contributed by atoms with E-state index in [4.69, 9.17) is 4.74 Å². The molecule has 2 aromatic heterocycles. The number of ether oxygens (including phenoxy) is 1. The summed E-state index contributed by atoms with van der Waals surface area (Å²) in [5.74, 6) is 0.387. The fourth-order valence-corrected chi connectivity index (χ4v) is 3.84. The highest BCUT2D eigenvalue weighted by molar-refractivity contribution is 5.73. The largest absolute Gasteiger partial charge is 0.394 e. The molecule has 8 heteroatoms. The van der Waals surface area contributed by atoms with Crippen LogP contribution in [0.5, 0.6) is 0 Å². The SMILES string of the molecule is OCC1OC(n2cnc3c(C4CCCCC4)ncnc32)C(O)C1O. The van der Waals surface area contributed by atoms with Crippen LogP contribution in [0.1, 0.15) is 49.9 Å². The number of aromatic nitrogens is 4. The first-order chi connectivity index (χ1) is 11.7. The minimum absolute atomic E-state index is 0.357. The van der Waals surface area contributed by atoms with E-state index in [9.17, 15) is 15.3 Å². The molecule has 0 radical (unpaired) electrons. The maximum absolute atomic E-state index is 10.2. The third-order valence-electron chi connectivity index (χ3n) is 5.17. The minimum atomic E-state index is -1.15. The first-order valence-corrected chi connectivity index (χ1v) is 8.50. The highest BCUT2D eigenvalue weighted by atomic mass is 16.6. The van der Waals surface area contributed by atoms with Gasteiger partial charge in [0.15, 0.2) is 11.9 Å². The Labute approximate surface area is 139 Å². The number of hydrogen-bond donors (Lipinski definition) is 3. The smallest absolute Gasteiger partial charge is 0.165 e. The van der Waals surface area contributed by atoms with Gasteiger partial charge in [-0.2, -0.15) is 0 Å². The Balaban J connectivity index is 1.71. The molecule has 24 heavy (non-hydrogen) atoms. The molecule has 2 aliphatic rings. The van der Waals surface area contributed by atoms with Gasteiger partial charge < -0.3 is 20.1 Å². The average molecular weight is 334 g/mol. The van der Waals surface area contributed by atoms with Crippen molar-refractivity contribution in [1.29, 1.82) is 0 Å². The number of hydrogen-bond acceptors (Lipinski definition) is 7. The van der Waals surface area contributed by atoms with Crippen LogP contribution in [0.15, 0.2) is 12.7 Å². The highest BCUT2D eigenvalue weighted by Gasteiger charge is 2.44. The zero-order valence-electron chi connectivity index (χ0n) is 13.3. The Kier molecular flexibility index (Phi) is 4.21. The van der Waals surface area contributed by atoms with Gasteiger partial charge in [-0.05, 0) is 12.8 Å². The summed E-state index contributed by atoms with van der Waals surface area (Å²) in [4.78, 5) is 13.2. The predicted octanol–water partition coefficient (Wildman–Crippen LogP) is 0.485. The van der Waals surface area contributed by atoms with Gasteiger partial charge in [0.2, 0.25) is 0 Å². The molecule has 2 fully saturated rings. The molecule has 1 saturated carbocycles. The number of nitrogens with zero attached hydrogens (tertiary/aromatic N) is 4. The lowest BCUT2D eigenvalue weighted by Crippen LogP contribution is -2.33. The second kappa shape index (κ2) is 6.36. The van der Waals surface area contributed by atoms with E-state index in [1.807, 2.05) is 0 Å². The molecule has 4 atom stereocenters. The van der Waals surface area contributed by atoms with Crippen molar-refractivity contribution in [3.63, 3.8) is 0 Å². The fourth-order valence-electron chi connectivity index (χ4n) is 3.84. The van der Waals surface area contributed by atoms with Gasteiger partial charge in [0.25, 0.3) is 0 Å². The van der Waals surface area contributed by atoms with E-state index < -0.39 is 24.5 Å². The van der Waals surface area contributed by atoms with E-state index in [0.717, 1.165) is 24.1 Å². The molecular weight excluding hydrogens is 312 g/mol. The van der Waals surface area contributed by atoms with Gasteiger partial charge in [-0.25, -0.2) is 15.0 Å². The number of aliphatic hydroxyl groups is 3. The standard InChI is InChI=1S/C16H22N4O4/c21-6-10-13(22)14(23)16(24-10)20-8-19-12-11(17-7-18-15(12)20)9-4-2-1-3-5-9/h7-10,13-14,16,21-23H,1-6H2. The molecule has 8 nitrogen and oxygen atoms in total. The van der Waals surface area contributed by atoms with Crippen LogP contribution in [0.2, 0.25) is 0 Å². The summed E-state index contributed by atoms with van der Waals surface area (Å²) < 4.78 is 7.20. The van der Waals surface area contributed by atoms with Crippen LogP contribution >= 0.6 is 0 Å². The molecule has 0 bridgehead atoms. The summed E-state index contributed by atoms with van der Waals surface area (Å²) in [5, 5.41) is 29.4. The second-order valence-corrected chi connectivity index (χ2v) is 6.65. The minimum Gasteiger partial charge on any atom is -0.394 e. The fraction of sp³-hybridized carbons (Fsp3) is 0.688. The van der Waals surface area contributed by atoms with Gasteiger partial charge in [0.05, 0.1) is 18.6 Å². The summed E-state index contributed by atoms with van der Waals surface area (Å²) in [7, 11) is 0. The lowest BCUT2D eigenvalue weighted by molar-refractivity contribution is -0.0511. The van der Waals surface area contributed by atoms with Crippen molar-refractivity contribution < 1.29 is 20.1 Å². The molecule has 1 aliphatic carbocycles. The van der Waals surface area contributed by atoms with Gasteiger partial charge in [-0.15, -0.1) is 0 Å². The summed E-state index contributed by atoms with van der Waals surface area (Å²) in [6.45, 7) is -0.357. The number of aliphatic hydroxyl groups excluding tert-OH is 3. The van der Waals surface area contributed by atoms with Crippen LogP contribution in [-0.4, -0.2) is 59.8 Å². The highest BCUT2D eigenvalue weighted by Crippen LogP contribution is 2.36. The van der Waals surface area contributed by atoms with Crippen LogP contribution < -0.4 is 0 Å². The summed E-state index contributed by atoms with van der Waals surface area (Å²) in [5.41, 5.74) is 2.26. The Morgan fingerprint density at radius 1 is 1.08 bits per heavy atom. The second-order valence-electron chi connectivity index (χ2n) is 6.65. The van der Waals surface area contributed by atoms with Gasteiger partial charge in [-0.1, -0.05) is 19.3 Å². The third-order valence-corrected chi connectivity index (χ3v) is 5.17. The molecule has 3 N–H and O–H groups in total. The number of imidazole rings is 1. The Bertz CT molecular complexity index is 715. The normalized spacial score (nSPS) is 31.8. The molecule has 1 saturated heterocycles. The molecule has 1 aliphatic heterocycles. The maximum atomic E-state index is 10.2. The molecule has 0 aromatic carbocycles. The van der Waals surface area contributed by atoms with Crippen molar-refractivity contribution in [2.24, 2.45) is 0 Å². The predicted molar refractivity (Wildman–Crippen MR) is 84.2 cm³/mol.